The first-order chi connectivity index (χ1) is 16.8. The van der Waals surface area contributed by atoms with Crippen LogP contribution in [0.2, 0.25) is 0 Å². The molecule has 0 fully saturated rings. The molecule has 6 aromatic carbocycles. The zero-order chi connectivity index (χ0) is 22.7. The summed E-state index contributed by atoms with van der Waals surface area (Å²) >= 11 is 0. The number of aryl methyl sites for hydroxylation is 1. The smallest absolute Gasteiger partial charge is 0.0623 e. The van der Waals surface area contributed by atoms with E-state index >= 15 is 0 Å². The largest absolute Gasteiger partial charge is 0.181 e. The van der Waals surface area contributed by atoms with E-state index in [-0.39, 0.29) is 0 Å². The molecule has 0 aliphatic carbocycles. The van der Waals surface area contributed by atoms with Crippen LogP contribution in [0.4, 0.5) is 0 Å². The van der Waals surface area contributed by atoms with Crippen molar-refractivity contribution in [1.82, 2.24) is 0 Å². The number of hydrogen-bond acceptors (Lipinski definition) is 0. The fourth-order valence-electron chi connectivity index (χ4n) is 6.12. The molecule has 7 rings (SSSR count). The van der Waals surface area contributed by atoms with E-state index in [1.807, 2.05) is 0 Å². The van der Waals surface area contributed by atoms with Crippen molar-refractivity contribution in [2.24, 2.45) is 0 Å². The van der Waals surface area contributed by atoms with Crippen LogP contribution in [0.5, 0.6) is 0 Å². The maximum Gasteiger partial charge on any atom is 0.181 e. The molecule has 0 atom stereocenters. The molecule has 0 radical (unpaired) electrons. The fraction of sp³-hybridized carbons (Fsp3) is 0.0303. The molecular weight excluding hydrogens is 424 g/mol. The molecule has 0 saturated carbocycles. The summed E-state index contributed by atoms with van der Waals surface area (Å²) in [4.78, 5) is 0. The van der Waals surface area contributed by atoms with E-state index in [9.17, 15) is 0 Å². The first-order valence-electron chi connectivity index (χ1n) is 12.0. The van der Waals surface area contributed by atoms with Crippen LogP contribution >= 0.6 is 0 Å². The van der Waals surface area contributed by atoms with Crippen molar-refractivity contribution >= 4 is 50.4 Å². The highest BCUT2D eigenvalue weighted by molar-refractivity contribution is 7.23. The van der Waals surface area contributed by atoms with Crippen molar-refractivity contribution in [1.29, 1.82) is 0 Å². The topological polar surface area (TPSA) is 0 Å². The van der Waals surface area contributed by atoms with E-state index in [0.717, 1.165) is 0 Å². The molecule has 0 bridgehead atoms. The van der Waals surface area contributed by atoms with E-state index in [4.69, 9.17) is 0 Å². The van der Waals surface area contributed by atoms with Crippen molar-refractivity contribution in [3.05, 3.63) is 133 Å². The standard InChI is InChI=1S/C33H24Si/c1-23-16-18-29-30-19-17-26-21-24-10-8-9-11-25(24)22-31(26)33(30)34(32(29)20-23,27-12-4-2-5-13-27)28-14-6-3-7-15-28/h2-22H,1H3. The lowest BCUT2D eigenvalue weighted by Gasteiger charge is -2.32. The van der Waals surface area contributed by atoms with Crippen LogP contribution in [0, 0.1) is 6.92 Å². The summed E-state index contributed by atoms with van der Waals surface area (Å²) in [6.45, 7) is 2.23. The number of benzene rings is 6. The van der Waals surface area contributed by atoms with E-state index in [0.29, 0.717) is 0 Å². The van der Waals surface area contributed by atoms with Gasteiger partial charge in [0.15, 0.2) is 8.07 Å². The van der Waals surface area contributed by atoms with Gasteiger partial charge in [-0.3, -0.25) is 0 Å². The van der Waals surface area contributed by atoms with Gasteiger partial charge in [0.2, 0.25) is 0 Å². The van der Waals surface area contributed by atoms with E-state index < -0.39 is 8.07 Å². The SMILES string of the molecule is Cc1ccc2c(c1)[Si](c1ccccc1)(c1ccccc1)c1c-2ccc2cc3ccccc3cc12. The minimum atomic E-state index is -2.51. The second-order valence-corrected chi connectivity index (χ2v) is 13.1. The summed E-state index contributed by atoms with van der Waals surface area (Å²) in [5.41, 5.74) is 4.12. The van der Waals surface area contributed by atoms with Crippen LogP contribution in [0.3, 0.4) is 0 Å². The predicted octanol–water partition coefficient (Wildman–Crippen LogP) is 5.66. The monoisotopic (exact) mass is 448 g/mol. The third-order valence-corrected chi connectivity index (χ3v) is 12.5. The van der Waals surface area contributed by atoms with E-state index in [1.165, 1.54) is 59.0 Å². The van der Waals surface area contributed by atoms with Crippen LogP contribution < -0.4 is 20.7 Å². The van der Waals surface area contributed by atoms with Crippen LogP contribution in [-0.4, -0.2) is 8.07 Å². The maximum absolute atomic E-state index is 2.51. The van der Waals surface area contributed by atoms with Gasteiger partial charge in [0.05, 0.1) is 0 Å². The minimum absolute atomic E-state index is 1.30. The first-order valence-corrected chi connectivity index (χ1v) is 14.0. The second-order valence-electron chi connectivity index (χ2n) is 9.44. The van der Waals surface area contributed by atoms with Gasteiger partial charge < -0.3 is 0 Å². The van der Waals surface area contributed by atoms with Crippen molar-refractivity contribution in [3.63, 3.8) is 0 Å². The molecule has 0 saturated heterocycles. The summed E-state index contributed by atoms with van der Waals surface area (Å²) in [7, 11) is -2.51. The van der Waals surface area contributed by atoms with Gasteiger partial charge in [0, 0.05) is 0 Å². The molecule has 160 valence electrons. The number of hydrogen-bond donors (Lipinski definition) is 0. The van der Waals surface area contributed by atoms with Gasteiger partial charge in [-0.1, -0.05) is 121 Å². The Morgan fingerprint density at radius 2 is 1.06 bits per heavy atom. The van der Waals surface area contributed by atoms with Crippen molar-refractivity contribution in [2.45, 2.75) is 6.92 Å². The Morgan fingerprint density at radius 3 is 1.74 bits per heavy atom. The molecular formula is C33H24Si. The zero-order valence-electron chi connectivity index (χ0n) is 19.1. The lowest BCUT2D eigenvalue weighted by molar-refractivity contribution is 1.49. The summed E-state index contributed by atoms with van der Waals surface area (Å²) in [6.07, 6.45) is 0. The van der Waals surface area contributed by atoms with Crippen molar-refractivity contribution < 1.29 is 0 Å². The molecule has 1 aliphatic rings. The normalized spacial score (nSPS) is 13.7. The highest BCUT2D eigenvalue weighted by atomic mass is 28.3. The van der Waals surface area contributed by atoms with E-state index in [2.05, 4.69) is 134 Å². The molecule has 1 heteroatoms. The average molecular weight is 449 g/mol. The lowest BCUT2D eigenvalue weighted by Crippen LogP contribution is -2.73. The van der Waals surface area contributed by atoms with Crippen LogP contribution in [-0.2, 0) is 0 Å². The Morgan fingerprint density at radius 1 is 0.471 bits per heavy atom. The van der Waals surface area contributed by atoms with Gasteiger partial charge in [0.1, 0.15) is 0 Å². The second kappa shape index (κ2) is 7.28. The summed E-state index contributed by atoms with van der Waals surface area (Å²) in [5.74, 6) is 0. The molecule has 1 aliphatic heterocycles. The van der Waals surface area contributed by atoms with Gasteiger partial charge in [-0.15, -0.1) is 0 Å². The molecule has 0 aromatic heterocycles. The maximum atomic E-state index is 2.47. The Balaban J connectivity index is 1.74. The van der Waals surface area contributed by atoms with Gasteiger partial charge in [-0.05, 0) is 72.5 Å². The molecule has 34 heavy (non-hydrogen) atoms. The van der Waals surface area contributed by atoms with Gasteiger partial charge in [-0.2, -0.15) is 0 Å². The molecule has 6 aromatic rings. The summed E-state index contributed by atoms with van der Waals surface area (Å²) in [5, 5.41) is 11.3. The minimum Gasteiger partial charge on any atom is -0.0623 e. The highest BCUT2D eigenvalue weighted by Crippen LogP contribution is 2.34. The van der Waals surface area contributed by atoms with Gasteiger partial charge in [-0.25, -0.2) is 0 Å². The Hall–Kier alpha value is -3.94. The zero-order valence-corrected chi connectivity index (χ0v) is 20.1. The Labute approximate surface area is 201 Å². The van der Waals surface area contributed by atoms with E-state index in [1.54, 1.807) is 0 Å². The first kappa shape index (κ1) is 19.5. The fourth-order valence-corrected chi connectivity index (χ4v) is 11.6. The van der Waals surface area contributed by atoms with Crippen LogP contribution in [0.25, 0.3) is 32.7 Å². The third kappa shape index (κ3) is 2.59. The van der Waals surface area contributed by atoms with Crippen LogP contribution in [0.15, 0.2) is 127 Å². The van der Waals surface area contributed by atoms with Gasteiger partial charge >= 0.3 is 0 Å². The molecule has 0 amide bonds. The molecule has 0 unspecified atom stereocenters. The van der Waals surface area contributed by atoms with Crippen molar-refractivity contribution in [3.8, 4) is 11.1 Å². The summed E-state index contributed by atoms with van der Waals surface area (Å²) in [6, 6.07) is 47.9. The Bertz CT molecular complexity index is 1660. The number of rotatable bonds is 2. The molecule has 0 N–H and O–H groups in total. The molecule has 0 spiro atoms. The third-order valence-electron chi connectivity index (χ3n) is 7.54. The number of fused-ring (bicyclic) bond motifs is 6. The highest BCUT2D eigenvalue weighted by Gasteiger charge is 2.49. The quantitative estimate of drug-likeness (QED) is 0.236. The lowest BCUT2D eigenvalue weighted by atomic mass is 9.98. The molecule has 1 heterocycles. The predicted molar refractivity (Wildman–Crippen MR) is 149 cm³/mol. The van der Waals surface area contributed by atoms with Crippen molar-refractivity contribution in [2.75, 3.05) is 0 Å². The average Bonchev–Trinajstić information content (AvgIpc) is 3.19. The van der Waals surface area contributed by atoms with Crippen LogP contribution in [0.1, 0.15) is 5.56 Å². The van der Waals surface area contributed by atoms with Gasteiger partial charge in [0.25, 0.3) is 0 Å². The molecule has 0 nitrogen and oxygen atoms in total. The Kier molecular flexibility index (Phi) is 4.18. The summed E-state index contributed by atoms with van der Waals surface area (Å²) < 4.78 is 0.